The molecular weight excluding hydrogens is 210 g/mol. The summed E-state index contributed by atoms with van der Waals surface area (Å²) >= 11 is 1.67. The highest BCUT2D eigenvalue weighted by atomic mass is 32.1. The van der Waals surface area contributed by atoms with Crippen LogP contribution in [0.1, 0.15) is 11.8 Å². The third kappa shape index (κ3) is 3.71. The van der Waals surface area contributed by atoms with Crippen molar-refractivity contribution in [2.24, 2.45) is 10.7 Å². The van der Waals surface area contributed by atoms with Gasteiger partial charge in [-0.1, -0.05) is 6.07 Å². The number of aliphatic imine (C=N–C) groups is 1. The Morgan fingerprint density at radius 1 is 1.73 bits per heavy atom. The summed E-state index contributed by atoms with van der Waals surface area (Å²) in [5.41, 5.74) is 5.16. The average Bonchev–Trinajstić information content (AvgIpc) is 2.69. The lowest BCUT2D eigenvalue weighted by Crippen LogP contribution is -2.42. The summed E-state index contributed by atoms with van der Waals surface area (Å²) in [5, 5.41) is 5.00. The molecule has 4 nitrogen and oxygen atoms in total. The second-order valence-electron chi connectivity index (χ2n) is 3.19. The van der Waals surface area contributed by atoms with Crippen LogP contribution in [-0.4, -0.2) is 24.8 Å². The van der Waals surface area contributed by atoms with Crippen LogP contribution in [0.2, 0.25) is 0 Å². The Morgan fingerprint density at radius 2 is 2.47 bits per heavy atom. The Morgan fingerprint density at radius 3 is 2.93 bits per heavy atom. The van der Waals surface area contributed by atoms with Crippen LogP contribution in [0.15, 0.2) is 22.5 Å². The number of nitrogens with one attached hydrogen (secondary N) is 1. The van der Waals surface area contributed by atoms with Gasteiger partial charge >= 0.3 is 0 Å². The van der Waals surface area contributed by atoms with Crippen molar-refractivity contribution in [2.75, 3.05) is 7.05 Å². The lowest BCUT2D eigenvalue weighted by Gasteiger charge is -2.12. The number of amidine groups is 1. The van der Waals surface area contributed by atoms with E-state index in [0.717, 1.165) is 5.84 Å². The van der Waals surface area contributed by atoms with Gasteiger partial charge in [0, 0.05) is 18.3 Å². The molecule has 0 aliphatic heterocycles. The minimum absolute atomic E-state index is 0.373. The van der Waals surface area contributed by atoms with Crippen LogP contribution < -0.4 is 11.1 Å². The Bertz CT molecular complexity index is 346. The van der Waals surface area contributed by atoms with E-state index in [1.165, 1.54) is 4.88 Å². The Kier molecular flexibility index (Phi) is 4.30. The highest BCUT2D eigenvalue weighted by Gasteiger charge is 2.10. The summed E-state index contributed by atoms with van der Waals surface area (Å²) < 4.78 is 0. The molecule has 0 aliphatic rings. The van der Waals surface area contributed by atoms with Gasteiger partial charge in [-0.3, -0.25) is 9.79 Å². The SMILES string of the molecule is CN=C(Cc1cccs1)NC(C)C(N)=O. The van der Waals surface area contributed by atoms with Crippen LogP contribution in [0.4, 0.5) is 0 Å². The molecule has 5 heteroatoms. The van der Waals surface area contributed by atoms with Crippen LogP contribution in [0.5, 0.6) is 0 Å². The smallest absolute Gasteiger partial charge is 0.239 e. The van der Waals surface area contributed by atoms with Gasteiger partial charge in [-0.2, -0.15) is 0 Å². The van der Waals surface area contributed by atoms with Crippen molar-refractivity contribution in [2.45, 2.75) is 19.4 Å². The number of carbonyl (C=O) groups excluding carboxylic acids is 1. The van der Waals surface area contributed by atoms with Gasteiger partial charge in [-0.25, -0.2) is 0 Å². The average molecular weight is 225 g/mol. The molecule has 0 fully saturated rings. The summed E-state index contributed by atoms with van der Waals surface area (Å²) in [7, 11) is 1.70. The number of nitrogens with two attached hydrogens (primary N) is 1. The van der Waals surface area contributed by atoms with Crippen molar-refractivity contribution in [1.82, 2.24) is 5.32 Å². The van der Waals surface area contributed by atoms with Crippen LogP contribution in [0, 0.1) is 0 Å². The molecule has 1 aromatic rings. The molecule has 3 N–H and O–H groups in total. The number of hydrogen-bond acceptors (Lipinski definition) is 3. The van der Waals surface area contributed by atoms with E-state index in [4.69, 9.17) is 5.73 Å². The molecule has 1 heterocycles. The Labute approximate surface area is 93.2 Å². The van der Waals surface area contributed by atoms with E-state index < -0.39 is 0 Å². The van der Waals surface area contributed by atoms with Crippen molar-refractivity contribution < 1.29 is 4.79 Å². The number of thiophene rings is 1. The zero-order chi connectivity index (χ0) is 11.3. The maximum Gasteiger partial charge on any atom is 0.239 e. The van der Waals surface area contributed by atoms with Crippen molar-refractivity contribution >= 4 is 23.1 Å². The monoisotopic (exact) mass is 225 g/mol. The minimum Gasteiger partial charge on any atom is -0.368 e. The topological polar surface area (TPSA) is 67.5 Å². The van der Waals surface area contributed by atoms with Gasteiger partial charge in [-0.15, -0.1) is 11.3 Å². The van der Waals surface area contributed by atoms with E-state index in [1.807, 2.05) is 17.5 Å². The highest BCUT2D eigenvalue weighted by Crippen LogP contribution is 2.09. The molecule has 15 heavy (non-hydrogen) atoms. The zero-order valence-electron chi connectivity index (χ0n) is 8.86. The second-order valence-corrected chi connectivity index (χ2v) is 4.23. The summed E-state index contributed by atoms with van der Waals surface area (Å²) in [6.07, 6.45) is 0.714. The third-order valence-electron chi connectivity index (χ3n) is 2.00. The lowest BCUT2D eigenvalue weighted by atomic mass is 10.2. The first-order chi connectivity index (χ1) is 7.13. The molecule has 0 aliphatic carbocycles. The third-order valence-corrected chi connectivity index (χ3v) is 2.88. The fourth-order valence-corrected chi connectivity index (χ4v) is 1.80. The molecule has 0 saturated carbocycles. The maximum atomic E-state index is 10.9. The van der Waals surface area contributed by atoms with E-state index in [0.29, 0.717) is 6.42 Å². The number of hydrogen-bond donors (Lipinski definition) is 2. The summed E-state index contributed by atoms with van der Waals surface area (Å²) in [6.45, 7) is 1.72. The molecule has 0 radical (unpaired) electrons. The van der Waals surface area contributed by atoms with E-state index in [1.54, 1.807) is 25.3 Å². The predicted molar refractivity (Wildman–Crippen MR) is 63.2 cm³/mol. The number of primary amides is 1. The summed E-state index contributed by atoms with van der Waals surface area (Å²) in [6, 6.07) is 3.64. The zero-order valence-corrected chi connectivity index (χ0v) is 9.67. The first-order valence-corrected chi connectivity index (χ1v) is 5.55. The fraction of sp³-hybridized carbons (Fsp3) is 0.400. The summed E-state index contributed by atoms with van der Waals surface area (Å²) in [5.74, 6) is 0.408. The molecule has 1 aromatic heterocycles. The highest BCUT2D eigenvalue weighted by molar-refractivity contribution is 7.10. The van der Waals surface area contributed by atoms with Gasteiger partial charge in [0.15, 0.2) is 0 Å². The van der Waals surface area contributed by atoms with Gasteiger partial charge in [0.2, 0.25) is 5.91 Å². The summed E-state index contributed by atoms with van der Waals surface area (Å²) in [4.78, 5) is 16.2. The standard InChI is InChI=1S/C10H15N3OS/c1-7(10(11)14)13-9(12-2)6-8-4-3-5-15-8/h3-5,7H,6H2,1-2H3,(H2,11,14)(H,12,13). The van der Waals surface area contributed by atoms with E-state index in [9.17, 15) is 4.79 Å². The van der Waals surface area contributed by atoms with E-state index in [2.05, 4.69) is 10.3 Å². The molecule has 1 rings (SSSR count). The van der Waals surface area contributed by atoms with E-state index >= 15 is 0 Å². The molecule has 0 bridgehead atoms. The molecule has 0 spiro atoms. The van der Waals surface area contributed by atoms with Crippen LogP contribution in [-0.2, 0) is 11.2 Å². The lowest BCUT2D eigenvalue weighted by molar-refractivity contribution is -0.119. The van der Waals surface area contributed by atoms with Crippen molar-refractivity contribution in [3.63, 3.8) is 0 Å². The Balaban J connectivity index is 2.55. The van der Waals surface area contributed by atoms with Crippen molar-refractivity contribution in [3.8, 4) is 0 Å². The first-order valence-electron chi connectivity index (χ1n) is 4.67. The number of carbonyl (C=O) groups is 1. The molecule has 0 aromatic carbocycles. The first kappa shape index (κ1) is 11.7. The molecule has 0 saturated heterocycles. The normalized spacial score (nSPS) is 13.6. The second kappa shape index (κ2) is 5.50. The van der Waals surface area contributed by atoms with Gasteiger partial charge in [0.05, 0.1) is 0 Å². The van der Waals surface area contributed by atoms with Gasteiger partial charge in [0.25, 0.3) is 0 Å². The Hall–Kier alpha value is -1.36. The van der Waals surface area contributed by atoms with Crippen LogP contribution in [0.25, 0.3) is 0 Å². The minimum atomic E-state index is -0.385. The number of nitrogens with zero attached hydrogens (tertiary/aromatic N) is 1. The quantitative estimate of drug-likeness (QED) is 0.587. The van der Waals surface area contributed by atoms with Crippen LogP contribution >= 0.6 is 11.3 Å². The predicted octanol–water partition coefficient (Wildman–Crippen LogP) is 0.782. The van der Waals surface area contributed by atoms with Crippen molar-refractivity contribution in [3.05, 3.63) is 22.4 Å². The maximum absolute atomic E-state index is 10.9. The number of amides is 1. The molecule has 1 atom stereocenters. The van der Waals surface area contributed by atoms with E-state index in [-0.39, 0.29) is 11.9 Å². The van der Waals surface area contributed by atoms with Gasteiger partial charge in [-0.05, 0) is 18.4 Å². The largest absolute Gasteiger partial charge is 0.368 e. The van der Waals surface area contributed by atoms with Crippen LogP contribution in [0.3, 0.4) is 0 Å². The molecule has 1 unspecified atom stereocenters. The molecule has 1 amide bonds. The van der Waals surface area contributed by atoms with Crippen molar-refractivity contribution in [1.29, 1.82) is 0 Å². The fourth-order valence-electron chi connectivity index (χ4n) is 1.09. The molecule has 82 valence electrons. The van der Waals surface area contributed by atoms with Gasteiger partial charge < -0.3 is 11.1 Å². The number of rotatable bonds is 4. The van der Waals surface area contributed by atoms with Gasteiger partial charge in [0.1, 0.15) is 11.9 Å². The molecular formula is C10H15N3OS.